The molecule has 0 aromatic carbocycles. The largest absolute Gasteiger partial charge is 0.283 e. The molecule has 0 aromatic rings. The highest BCUT2D eigenvalue weighted by Gasteiger charge is 2.40. The SMILES string of the molecule is CCCS(C)(C)(C)(C)CCC. The van der Waals surface area contributed by atoms with E-state index >= 15 is 0 Å². The van der Waals surface area contributed by atoms with Gasteiger partial charge in [0.2, 0.25) is 0 Å². The van der Waals surface area contributed by atoms with E-state index < -0.39 is 8.29 Å². The van der Waals surface area contributed by atoms with Gasteiger partial charge in [0, 0.05) is 0 Å². The van der Waals surface area contributed by atoms with Crippen molar-refractivity contribution in [3.05, 3.63) is 0 Å². The van der Waals surface area contributed by atoms with E-state index in [0.717, 1.165) is 0 Å². The minimum atomic E-state index is -1.59. The van der Waals surface area contributed by atoms with E-state index in [0.29, 0.717) is 0 Å². The maximum absolute atomic E-state index is 2.52. The van der Waals surface area contributed by atoms with Gasteiger partial charge in [0.05, 0.1) is 0 Å². The number of hydrogen-bond acceptors (Lipinski definition) is 0. The average Bonchev–Trinajstić information content (AvgIpc) is 1.59. The lowest BCUT2D eigenvalue weighted by Gasteiger charge is -2.69. The van der Waals surface area contributed by atoms with Crippen LogP contribution >= 0.6 is 8.29 Å². The molecule has 0 spiro atoms. The van der Waals surface area contributed by atoms with Gasteiger partial charge in [0.25, 0.3) is 0 Å². The van der Waals surface area contributed by atoms with E-state index in [-0.39, 0.29) is 0 Å². The topological polar surface area (TPSA) is 0 Å². The lowest BCUT2D eigenvalue weighted by atomic mass is 10.6. The molecule has 11 heavy (non-hydrogen) atoms. The summed E-state index contributed by atoms with van der Waals surface area (Å²) in [4.78, 5) is 0. The van der Waals surface area contributed by atoms with Crippen molar-refractivity contribution in [3.63, 3.8) is 0 Å². The number of rotatable bonds is 4. The Balaban J connectivity index is 4.54. The standard InChI is InChI=1S/C10H26S/c1-7-9-11(3,4,5,6)10-8-2/h7-10H2,1-6H3. The summed E-state index contributed by atoms with van der Waals surface area (Å²) in [5, 5.41) is 0. The maximum atomic E-state index is 2.52. The van der Waals surface area contributed by atoms with Crippen molar-refractivity contribution >= 4 is 8.29 Å². The molecule has 0 N–H and O–H groups in total. The zero-order chi connectivity index (χ0) is 9.24. The fourth-order valence-electron chi connectivity index (χ4n) is 2.02. The molecule has 0 aromatic heterocycles. The van der Waals surface area contributed by atoms with E-state index in [1.165, 1.54) is 24.3 Å². The Morgan fingerprint density at radius 3 is 1.18 bits per heavy atom. The highest BCUT2D eigenvalue weighted by Crippen LogP contribution is 2.78. The van der Waals surface area contributed by atoms with Crippen molar-refractivity contribution in [1.29, 1.82) is 0 Å². The normalized spacial score (nSPS) is 19.1. The van der Waals surface area contributed by atoms with Crippen molar-refractivity contribution < 1.29 is 0 Å². The Morgan fingerprint density at radius 1 is 0.727 bits per heavy atom. The van der Waals surface area contributed by atoms with Gasteiger partial charge in [0.15, 0.2) is 0 Å². The molecule has 0 fully saturated rings. The molecule has 0 aliphatic rings. The molecule has 72 valence electrons. The summed E-state index contributed by atoms with van der Waals surface area (Å²) in [6.45, 7) is 4.60. The van der Waals surface area contributed by atoms with Crippen LogP contribution in [0, 0.1) is 0 Å². The second-order valence-corrected chi connectivity index (χ2v) is 17.1. The molecule has 1 heteroatoms. The smallest absolute Gasteiger partial charge is 0.0347 e. The summed E-state index contributed by atoms with van der Waals surface area (Å²) in [6, 6.07) is 0. The van der Waals surface area contributed by atoms with Gasteiger partial charge in [-0.25, -0.2) is 0 Å². The second kappa shape index (κ2) is 2.42. The van der Waals surface area contributed by atoms with Gasteiger partial charge < -0.3 is 0 Å². The van der Waals surface area contributed by atoms with Crippen LogP contribution in [0.5, 0.6) is 0 Å². The monoisotopic (exact) mass is 178 g/mol. The van der Waals surface area contributed by atoms with E-state index in [2.05, 4.69) is 38.9 Å². The fourth-order valence-corrected chi connectivity index (χ4v) is 6.07. The van der Waals surface area contributed by atoms with E-state index in [1.54, 1.807) is 0 Å². The first kappa shape index (κ1) is 11.4. The molecule has 0 rings (SSSR count). The summed E-state index contributed by atoms with van der Waals surface area (Å²) >= 11 is 0. The Kier molecular flexibility index (Phi) is 2.49. The van der Waals surface area contributed by atoms with Crippen molar-refractivity contribution in [1.82, 2.24) is 0 Å². The van der Waals surface area contributed by atoms with Crippen LogP contribution in [-0.4, -0.2) is 36.5 Å². The molecule has 0 aliphatic heterocycles. The Hall–Kier alpha value is 0.350. The van der Waals surface area contributed by atoms with Gasteiger partial charge in [-0.15, -0.1) is 0 Å². The number of hydrogen-bond donors (Lipinski definition) is 0. The molecule has 0 nitrogen and oxygen atoms in total. The summed E-state index contributed by atoms with van der Waals surface area (Å²) in [7, 11) is -1.59. The minimum absolute atomic E-state index is 1.33. The average molecular weight is 178 g/mol. The molecule has 0 saturated heterocycles. The third-order valence-electron chi connectivity index (χ3n) is 2.33. The van der Waals surface area contributed by atoms with Crippen LogP contribution in [0.15, 0.2) is 0 Å². The summed E-state index contributed by atoms with van der Waals surface area (Å²) in [5.74, 6) is 2.85. The summed E-state index contributed by atoms with van der Waals surface area (Å²) in [5.41, 5.74) is 0. The molecular formula is C10H26S. The Bertz CT molecular complexity index is 123. The lowest BCUT2D eigenvalue weighted by molar-refractivity contribution is 1.03. The van der Waals surface area contributed by atoms with Crippen molar-refractivity contribution in [3.8, 4) is 0 Å². The first-order chi connectivity index (χ1) is 4.62. The molecule has 0 bridgehead atoms. The van der Waals surface area contributed by atoms with Gasteiger partial charge in [-0.3, -0.25) is 8.29 Å². The van der Waals surface area contributed by atoms with Crippen molar-refractivity contribution in [2.75, 3.05) is 36.5 Å². The molecule has 0 amide bonds. The predicted octanol–water partition coefficient (Wildman–Crippen LogP) is 3.20. The quantitative estimate of drug-likeness (QED) is 0.620. The van der Waals surface area contributed by atoms with Crippen LogP contribution in [0.3, 0.4) is 0 Å². The molecule has 0 saturated carbocycles. The Labute approximate surface area is 72.0 Å². The predicted molar refractivity (Wildman–Crippen MR) is 61.6 cm³/mol. The van der Waals surface area contributed by atoms with Crippen molar-refractivity contribution in [2.24, 2.45) is 0 Å². The zero-order valence-electron chi connectivity index (χ0n) is 9.24. The second-order valence-electron chi connectivity index (χ2n) is 6.37. The van der Waals surface area contributed by atoms with Crippen LogP contribution in [0.4, 0.5) is 0 Å². The molecular weight excluding hydrogens is 152 g/mol. The Morgan fingerprint density at radius 2 is 1.00 bits per heavy atom. The summed E-state index contributed by atoms with van der Waals surface area (Å²) < 4.78 is 0. The lowest BCUT2D eigenvalue weighted by Crippen LogP contribution is -2.37. The van der Waals surface area contributed by atoms with Gasteiger partial charge in [-0.1, -0.05) is 13.8 Å². The van der Waals surface area contributed by atoms with Crippen LogP contribution in [0.2, 0.25) is 0 Å². The van der Waals surface area contributed by atoms with Crippen LogP contribution in [0.1, 0.15) is 26.7 Å². The molecule has 0 unspecified atom stereocenters. The molecule has 0 radical (unpaired) electrons. The first-order valence-electron chi connectivity index (χ1n) is 4.62. The highest BCUT2D eigenvalue weighted by atomic mass is 32.4. The van der Waals surface area contributed by atoms with Crippen LogP contribution in [0.25, 0.3) is 0 Å². The molecule has 0 aliphatic carbocycles. The molecule has 0 heterocycles. The van der Waals surface area contributed by atoms with E-state index in [9.17, 15) is 0 Å². The third-order valence-corrected chi connectivity index (χ3v) is 6.99. The fraction of sp³-hybridized carbons (Fsp3) is 1.00. The van der Waals surface area contributed by atoms with Gasteiger partial charge >= 0.3 is 0 Å². The van der Waals surface area contributed by atoms with Gasteiger partial charge in [0.1, 0.15) is 0 Å². The maximum Gasteiger partial charge on any atom is -0.0347 e. The van der Waals surface area contributed by atoms with Crippen molar-refractivity contribution in [2.45, 2.75) is 26.7 Å². The minimum Gasteiger partial charge on any atom is -0.283 e. The van der Waals surface area contributed by atoms with E-state index in [4.69, 9.17) is 0 Å². The summed E-state index contributed by atoms with van der Waals surface area (Å²) in [6.07, 6.45) is 12.8. The van der Waals surface area contributed by atoms with E-state index in [1.807, 2.05) is 0 Å². The zero-order valence-corrected chi connectivity index (χ0v) is 10.1. The molecule has 0 atom stereocenters. The third kappa shape index (κ3) is 4.73. The van der Waals surface area contributed by atoms with Gasteiger partial charge in [-0.05, 0) is 49.4 Å². The van der Waals surface area contributed by atoms with Gasteiger partial charge in [-0.2, -0.15) is 0 Å². The van der Waals surface area contributed by atoms with Crippen LogP contribution in [-0.2, 0) is 0 Å². The highest BCUT2D eigenvalue weighted by molar-refractivity contribution is 8.62. The van der Waals surface area contributed by atoms with Crippen LogP contribution < -0.4 is 0 Å². The first-order valence-corrected chi connectivity index (χ1v) is 9.05.